The lowest BCUT2D eigenvalue weighted by Gasteiger charge is -2.02. The number of ether oxygens (including phenoxy) is 1. The van der Waals surface area contributed by atoms with Crippen molar-refractivity contribution in [2.45, 2.75) is 0 Å². The highest BCUT2D eigenvalue weighted by atomic mass is 16.5. The van der Waals surface area contributed by atoms with Crippen LogP contribution in [0.2, 0.25) is 0 Å². The van der Waals surface area contributed by atoms with Crippen molar-refractivity contribution >= 4 is 16.7 Å². The number of aromatic nitrogens is 2. The van der Waals surface area contributed by atoms with Crippen molar-refractivity contribution in [2.75, 3.05) is 12.8 Å². The van der Waals surface area contributed by atoms with Gasteiger partial charge >= 0.3 is 0 Å². The molecule has 5 heteroatoms. The van der Waals surface area contributed by atoms with Crippen LogP contribution in [-0.4, -0.2) is 16.8 Å². The number of nitrogen functional groups attached to an aromatic ring is 1. The predicted molar refractivity (Wildman–Crippen MR) is 69.4 cm³/mol. The fourth-order valence-electron chi connectivity index (χ4n) is 2.08. The van der Waals surface area contributed by atoms with Gasteiger partial charge in [-0.25, -0.2) is 0 Å². The van der Waals surface area contributed by atoms with Gasteiger partial charge in [0.15, 0.2) is 11.6 Å². The zero-order chi connectivity index (χ0) is 12.7. The van der Waals surface area contributed by atoms with E-state index < -0.39 is 0 Å². The second kappa shape index (κ2) is 3.80. The molecule has 0 spiro atoms. The number of anilines is 1. The topological polar surface area (TPSA) is 66.2 Å². The summed E-state index contributed by atoms with van der Waals surface area (Å²) in [6, 6.07) is 9.68. The van der Waals surface area contributed by atoms with Crippen LogP contribution in [0.15, 0.2) is 34.9 Å². The minimum atomic E-state index is 0.382. The molecule has 0 radical (unpaired) electrons. The molecule has 2 N–H and O–H groups in total. The number of hydrogen-bond acceptors (Lipinski definition) is 4. The molecule has 0 atom stereocenters. The Morgan fingerprint density at radius 1 is 1.28 bits per heavy atom. The molecule has 5 nitrogen and oxygen atoms in total. The minimum Gasteiger partial charge on any atom is -0.497 e. The molecule has 0 aliphatic carbocycles. The highest BCUT2D eigenvalue weighted by molar-refractivity contribution is 5.87. The maximum absolute atomic E-state index is 5.57. The summed E-state index contributed by atoms with van der Waals surface area (Å²) in [5.41, 5.74) is 7.57. The standard InChI is InChI=1S/C13H13N3O2/c1-16-10-6-9(17-2)4-3-8(10)5-11(16)12-7-13(14)15-18-12/h3-7H,1-2H3,(H2,14,15). The highest BCUT2D eigenvalue weighted by Gasteiger charge is 2.12. The summed E-state index contributed by atoms with van der Waals surface area (Å²) >= 11 is 0. The van der Waals surface area contributed by atoms with Gasteiger partial charge in [0.2, 0.25) is 0 Å². The molecule has 0 bridgehead atoms. The summed E-state index contributed by atoms with van der Waals surface area (Å²) in [4.78, 5) is 0. The van der Waals surface area contributed by atoms with Crippen molar-refractivity contribution in [1.82, 2.24) is 9.72 Å². The van der Waals surface area contributed by atoms with Crippen LogP contribution in [0.1, 0.15) is 0 Å². The third kappa shape index (κ3) is 1.52. The summed E-state index contributed by atoms with van der Waals surface area (Å²) < 4.78 is 12.4. The number of hydrogen-bond donors (Lipinski definition) is 1. The molecule has 0 saturated heterocycles. The van der Waals surface area contributed by atoms with Gasteiger partial charge in [-0.2, -0.15) is 0 Å². The Kier molecular flexibility index (Phi) is 2.26. The second-order valence-corrected chi connectivity index (χ2v) is 4.13. The minimum absolute atomic E-state index is 0.382. The summed E-state index contributed by atoms with van der Waals surface area (Å²) in [5, 5.41) is 4.82. The van der Waals surface area contributed by atoms with Crippen LogP contribution < -0.4 is 10.5 Å². The third-order valence-corrected chi connectivity index (χ3v) is 3.03. The summed E-state index contributed by atoms with van der Waals surface area (Å²) in [6.45, 7) is 0. The number of rotatable bonds is 2. The molecule has 2 aromatic heterocycles. The smallest absolute Gasteiger partial charge is 0.185 e. The van der Waals surface area contributed by atoms with Gasteiger partial charge in [0.25, 0.3) is 0 Å². The van der Waals surface area contributed by atoms with Crippen molar-refractivity contribution in [1.29, 1.82) is 0 Å². The quantitative estimate of drug-likeness (QED) is 0.750. The number of methoxy groups -OCH3 is 1. The Labute approximate surface area is 104 Å². The van der Waals surface area contributed by atoms with Crippen molar-refractivity contribution in [3.63, 3.8) is 0 Å². The Morgan fingerprint density at radius 2 is 2.11 bits per heavy atom. The molecule has 18 heavy (non-hydrogen) atoms. The van der Waals surface area contributed by atoms with E-state index in [0.717, 1.165) is 22.3 Å². The van der Waals surface area contributed by atoms with Crippen LogP contribution in [0.25, 0.3) is 22.4 Å². The van der Waals surface area contributed by atoms with Crippen molar-refractivity contribution in [3.05, 3.63) is 30.3 Å². The zero-order valence-corrected chi connectivity index (χ0v) is 10.2. The van der Waals surface area contributed by atoms with Gasteiger partial charge in [0, 0.05) is 24.6 Å². The average molecular weight is 243 g/mol. The second-order valence-electron chi connectivity index (χ2n) is 4.13. The van der Waals surface area contributed by atoms with E-state index in [1.54, 1.807) is 13.2 Å². The van der Waals surface area contributed by atoms with Gasteiger partial charge in [-0.05, 0) is 18.2 Å². The van der Waals surface area contributed by atoms with Gasteiger partial charge in [0.1, 0.15) is 5.75 Å². The van der Waals surface area contributed by atoms with E-state index in [1.807, 2.05) is 35.9 Å². The predicted octanol–water partition coefficient (Wildman–Crippen LogP) is 2.42. The highest BCUT2D eigenvalue weighted by Crippen LogP contribution is 2.30. The molecule has 1 aromatic carbocycles. The Balaban J connectivity index is 2.22. The Morgan fingerprint density at radius 3 is 2.78 bits per heavy atom. The SMILES string of the molecule is COc1ccc2cc(-c3cc(N)no3)n(C)c2c1. The fraction of sp³-hybridized carbons (Fsp3) is 0.154. The molecule has 3 aromatic rings. The lowest BCUT2D eigenvalue weighted by atomic mass is 10.2. The number of benzene rings is 1. The molecule has 0 fully saturated rings. The molecule has 0 saturated carbocycles. The first-order valence-electron chi connectivity index (χ1n) is 5.55. The monoisotopic (exact) mass is 243 g/mol. The normalized spacial score (nSPS) is 11.0. The maximum Gasteiger partial charge on any atom is 0.185 e. The van der Waals surface area contributed by atoms with Crippen LogP contribution in [0.5, 0.6) is 5.75 Å². The summed E-state index contributed by atoms with van der Waals surface area (Å²) in [7, 11) is 3.62. The van der Waals surface area contributed by atoms with E-state index in [1.165, 1.54) is 0 Å². The van der Waals surface area contributed by atoms with E-state index in [2.05, 4.69) is 5.16 Å². The van der Waals surface area contributed by atoms with Crippen molar-refractivity contribution in [2.24, 2.45) is 7.05 Å². The first-order chi connectivity index (χ1) is 8.69. The van der Waals surface area contributed by atoms with Gasteiger partial charge in [-0.3, -0.25) is 0 Å². The molecule has 0 amide bonds. The van der Waals surface area contributed by atoms with Crippen LogP contribution >= 0.6 is 0 Å². The summed E-state index contributed by atoms with van der Waals surface area (Å²) in [5.74, 6) is 1.87. The molecule has 0 aliphatic heterocycles. The van der Waals surface area contributed by atoms with Gasteiger partial charge in [0.05, 0.1) is 18.3 Å². The molecule has 3 rings (SSSR count). The van der Waals surface area contributed by atoms with Crippen molar-refractivity contribution < 1.29 is 9.26 Å². The largest absolute Gasteiger partial charge is 0.497 e. The third-order valence-electron chi connectivity index (χ3n) is 3.03. The number of fused-ring (bicyclic) bond motifs is 1. The van der Waals surface area contributed by atoms with E-state index >= 15 is 0 Å². The number of nitrogens with zero attached hydrogens (tertiary/aromatic N) is 2. The first kappa shape index (κ1) is 10.7. The molecular weight excluding hydrogens is 230 g/mol. The van der Waals surface area contributed by atoms with Crippen LogP contribution in [-0.2, 0) is 7.05 Å². The summed E-state index contributed by atoms with van der Waals surface area (Å²) in [6.07, 6.45) is 0. The number of aryl methyl sites for hydroxylation is 1. The van der Waals surface area contributed by atoms with Crippen LogP contribution in [0, 0.1) is 0 Å². The van der Waals surface area contributed by atoms with E-state index in [0.29, 0.717) is 11.6 Å². The van der Waals surface area contributed by atoms with Gasteiger partial charge < -0.3 is 19.6 Å². The van der Waals surface area contributed by atoms with Crippen LogP contribution in [0.3, 0.4) is 0 Å². The molecular formula is C13H13N3O2. The zero-order valence-electron chi connectivity index (χ0n) is 10.2. The lowest BCUT2D eigenvalue weighted by Crippen LogP contribution is -1.90. The Bertz CT molecular complexity index is 712. The lowest BCUT2D eigenvalue weighted by molar-refractivity contribution is 0.415. The first-order valence-corrected chi connectivity index (χ1v) is 5.55. The Hall–Kier alpha value is -2.43. The van der Waals surface area contributed by atoms with E-state index in [-0.39, 0.29) is 0 Å². The maximum atomic E-state index is 5.57. The van der Waals surface area contributed by atoms with Crippen molar-refractivity contribution in [3.8, 4) is 17.2 Å². The molecule has 2 heterocycles. The average Bonchev–Trinajstić information content (AvgIpc) is 2.94. The van der Waals surface area contributed by atoms with Gasteiger partial charge in [-0.1, -0.05) is 5.16 Å². The van der Waals surface area contributed by atoms with E-state index in [4.69, 9.17) is 15.0 Å². The number of nitrogens with two attached hydrogens (primary N) is 1. The van der Waals surface area contributed by atoms with Crippen LogP contribution in [0.4, 0.5) is 5.82 Å². The van der Waals surface area contributed by atoms with Gasteiger partial charge in [-0.15, -0.1) is 0 Å². The molecule has 0 aliphatic rings. The fourth-order valence-corrected chi connectivity index (χ4v) is 2.08. The molecule has 92 valence electrons. The molecule has 0 unspecified atom stereocenters. The van der Waals surface area contributed by atoms with E-state index in [9.17, 15) is 0 Å².